The van der Waals surface area contributed by atoms with Crippen LogP contribution in [0.15, 0.2) is 47.8 Å². The fourth-order valence-corrected chi connectivity index (χ4v) is 2.69. The maximum Gasteiger partial charge on any atom is 0.277 e. The highest BCUT2D eigenvalue weighted by atomic mass is 32.1. The Hall–Kier alpha value is -2.73. The van der Waals surface area contributed by atoms with Crippen molar-refractivity contribution in [2.75, 3.05) is 0 Å². The minimum atomic E-state index is -0.415. The molecule has 0 unspecified atom stereocenters. The molecule has 0 saturated carbocycles. The minimum Gasteiger partial charge on any atom is -0.456 e. The average molecular weight is 299 g/mol. The predicted octanol–water partition coefficient (Wildman–Crippen LogP) is 4.41. The van der Waals surface area contributed by atoms with E-state index in [2.05, 4.69) is 0 Å². The number of non-ortho nitro benzene ring substituents is 1. The van der Waals surface area contributed by atoms with Gasteiger partial charge in [-0.25, -0.2) is 0 Å². The highest BCUT2D eigenvalue weighted by Gasteiger charge is 2.15. The topological polar surface area (TPSA) is 69.4 Å². The van der Waals surface area contributed by atoms with E-state index in [0.29, 0.717) is 27.1 Å². The van der Waals surface area contributed by atoms with E-state index in [1.165, 1.54) is 17.4 Å². The minimum absolute atomic E-state index is 0.0387. The second-order valence-electron chi connectivity index (χ2n) is 4.29. The van der Waals surface area contributed by atoms with E-state index in [1.54, 1.807) is 41.8 Å². The van der Waals surface area contributed by atoms with Gasteiger partial charge in [-0.05, 0) is 12.1 Å². The Bertz CT molecular complexity index is 841. The molecule has 104 valence electrons. The van der Waals surface area contributed by atoms with Crippen LogP contribution in [0.4, 0.5) is 5.69 Å². The number of fused-ring (bicyclic) bond motifs is 1. The van der Waals surface area contributed by atoms with Gasteiger partial charge >= 0.3 is 0 Å². The summed E-state index contributed by atoms with van der Waals surface area (Å²) in [7, 11) is 0. The fraction of sp³-hybridized carbons (Fsp3) is 0. The number of rotatable bonds is 4. The quantitative estimate of drug-likeness (QED) is 0.406. The van der Waals surface area contributed by atoms with Crippen molar-refractivity contribution < 1.29 is 14.5 Å². The summed E-state index contributed by atoms with van der Waals surface area (Å²) in [6.07, 6.45) is 0.755. The molecule has 0 spiro atoms. The van der Waals surface area contributed by atoms with Crippen molar-refractivity contribution in [2.24, 2.45) is 0 Å². The van der Waals surface area contributed by atoms with Crippen molar-refractivity contribution in [2.45, 2.75) is 0 Å². The number of carbonyl (C=O) groups is 1. The van der Waals surface area contributed by atoms with E-state index < -0.39 is 4.92 Å². The van der Waals surface area contributed by atoms with Crippen LogP contribution in [-0.4, -0.2) is 11.2 Å². The third kappa shape index (κ3) is 2.48. The Morgan fingerprint density at radius 3 is 2.57 bits per heavy atom. The molecular formula is C15H9NO4S. The zero-order chi connectivity index (χ0) is 14.8. The van der Waals surface area contributed by atoms with Crippen molar-refractivity contribution in [3.63, 3.8) is 0 Å². The number of benzene rings is 2. The zero-order valence-corrected chi connectivity index (χ0v) is 11.5. The van der Waals surface area contributed by atoms with Crippen LogP contribution in [-0.2, 0) is 0 Å². The molecule has 1 aromatic heterocycles. The molecule has 6 heteroatoms. The van der Waals surface area contributed by atoms with Gasteiger partial charge in [0, 0.05) is 22.9 Å². The summed E-state index contributed by atoms with van der Waals surface area (Å²) in [6.45, 7) is 0. The van der Waals surface area contributed by atoms with Crippen molar-refractivity contribution in [1.29, 1.82) is 0 Å². The molecule has 0 amide bonds. The van der Waals surface area contributed by atoms with Crippen molar-refractivity contribution in [3.8, 4) is 11.5 Å². The number of nitro groups is 1. The van der Waals surface area contributed by atoms with Crippen LogP contribution in [0, 0.1) is 10.1 Å². The van der Waals surface area contributed by atoms with Gasteiger partial charge < -0.3 is 4.74 Å². The molecule has 0 saturated heterocycles. The van der Waals surface area contributed by atoms with Gasteiger partial charge in [-0.1, -0.05) is 18.2 Å². The lowest BCUT2D eigenvalue weighted by atomic mass is 10.1. The first kappa shape index (κ1) is 13.3. The molecule has 0 N–H and O–H groups in total. The van der Waals surface area contributed by atoms with E-state index in [0.717, 1.165) is 6.29 Å². The number of hydrogen-bond donors (Lipinski definition) is 0. The Labute approximate surface area is 123 Å². The summed E-state index contributed by atoms with van der Waals surface area (Å²) in [5.74, 6) is 1.06. The molecule has 0 radical (unpaired) electrons. The van der Waals surface area contributed by atoms with E-state index in [9.17, 15) is 14.9 Å². The van der Waals surface area contributed by atoms with Crippen LogP contribution in [0.2, 0.25) is 0 Å². The first-order valence-electron chi connectivity index (χ1n) is 6.07. The van der Waals surface area contributed by atoms with E-state index >= 15 is 0 Å². The molecule has 1 heterocycles. The van der Waals surface area contributed by atoms with E-state index in [1.807, 2.05) is 0 Å². The highest BCUT2D eigenvalue weighted by Crippen LogP contribution is 2.36. The molecule has 0 aliphatic rings. The summed E-state index contributed by atoms with van der Waals surface area (Å²) in [4.78, 5) is 21.9. The maximum atomic E-state index is 11.1. The van der Waals surface area contributed by atoms with Crippen LogP contribution in [0.1, 0.15) is 9.67 Å². The molecule has 0 bridgehead atoms. The first-order valence-corrected chi connectivity index (χ1v) is 6.94. The monoisotopic (exact) mass is 299 g/mol. The van der Waals surface area contributed by atoms with Crippen molar-refractivity contribution in [1.82, 2.24) is 0 Å². The molecule has 0 aliphatic carbocycles. The van der Waals surface area contributed by atoms with Gasteiger partial charge in [0.2, 0.25) is 0 Å². The summed E-state index contributed by atoms with van der Waals surface area (Å²) >= 11 is 1.28. The lowest BCUT2D eigenvalue weighted by molar-refractivity contribution is -0.383. The van der Waals surface area contributed by atoms with Crippen LogP contribution in [0.25, 0.3) is 10.8 Å². The average Bonchev–Trinajstić information content (AvgIpc) is 2.95. The molecule has 0 aliphatic heterocycles. The number of nitro benzene ring substituents is 1. The largest absolute Gasteiger partial charge is 0.456 e. The molecule has 3 aromatic rings. The second-order valence-corrected chi connectivity index (χ2v) is 5.23. The number of nitrogens with zero attached hydrogens (tertiary/aromatic N) is 1. The molecule has 0 atom stereocenters. The first-order chi connectivity index (χ1) is 10.2. The lowest BCUT2D eigenvalue weighted by Gasteiger charge is -2.07. The lowest BCUT2D eigenvalue weighted by Crippen LogP contribution is -1.91. The summed E-state index contributed by atoms with van der Waals surface area (Å²) < 4.78 is 5.74. The number of hydrogen-bond acceptors (Lipinski definition) is 5. The summed E-state index contributed by atoms with van der Waals surface area (Å²) in [6, 6.07) is 11.6. The normalized spacial score (nSPS) is 10.5. The van der Waals surface area contributed by atoms with Gasteiger partial charge in [0.05, 0.1) is 15.2 Å². The third-order valence-electron chi connectivity index (χ3n) is 3.00. The summed E-state index contributed by atoms with van der Waals surface area (Å²) in [5, 5.41) is 14.0. The van der Waals surface area contributed by atoms with Gasteiger partial charge in [-0.15, -0.1) is 11.3 Å². The second kappa shape index (κ2) is 5.34. The molecule has 0 fully saturated rings. The molecule has 21 heavy (non-hydrogen) atoms. The Morgan fingerprint density at radius 1 is 1.14 bits per heavy atom. The number of thiophene rings is 1. The Kier molecular flexibility index (Phi) is 3.37. The smallest absolute Gasteiger partial charge is 0.277 e. The van der Waals surface area contributed by atoms with Crippen molar-refractivity contribution >= 4 is 34.1 Å². The van der Waals surface area contributed by atoms with Crippen LogP contribution >= 0.6 is 11.3 Å². The van der Waals surface area contributed by atoms with Crippen LogP contribution < -0.4 is 4.74 Å². The van der Waals surface area contributed by atoms with Gasteiger partial charge in [0.25, 0.3) is 5.69 Å². The number of aldehydes is 1. The Morgan fingerprint density at radius 2 is 1.90 bits per heavy atom. The van der Waals surface area contributed by atoms with Gasteiger partial charge in [0.15, 0.2) is 6.29 Å². The van der Waals surface area contributed by atoms with Crippen LogP contribution in [0.3, 0.4) is 0 Å². The summed E-state index contributed by atoms with van der Waals surface area (Å²) in [5.41, 5.74) is 0.0387. The van der Waals surface area contributed by atoms with Gasteiger partial charge in [0.1, 0.15) is 11.5 Å². The fourth-order valence-electron chi connectivity index (χ4n) is 2.08. The van der Waals surface area contributed by atoms with E-state index in [-0.39, 0.29) is 5.69 Å². The molecular weight excluding hydrogens is 290 g/mol. The van der Waals surface area contributed by atoms with Crippen LogP contribution in [0.5, 0.6) is 11.5 Å². The SMILES string of the molecule is O=Cc1cc(Oc2ccc([N+](=O)[O-])c3ccccc23)cs1. The maximum absolute atomic E-state index is 11.1. The Balaban J connectivity index is 2.09. The third-order valence-corrected chi connectivity index (χ3v) is 3.83. The predicted molar refractivity (Wildman–Crippen MR) is 80.4 cm³/mol. The highest BCUT2D eigenvalue weighted by molar-refractivity contribution is 7.11. The molecule has 5 nitrogen and oxygen atoms in total. The molecule has 3 rings (SSSR count). The van der Waals surface area contributed by atoms with Gasteiger partial charge in [-0.3, -0.25) is 14.9 Å². The van der Waals surface area contributed by atoms with Crippen molar-refractivity contribution in [3.05, 3.63) is 62.8 Å². The van der Waals surface area contributed by atoms with E-state index in [4.69, 9.17) is 4.74 Å². The van der Waals surface area contributed by atoms with Gasteiger partial charge in [-0.2, -0.15) is 0 Å². The standard InChI is InChI=1S/C15H9NO4S/c17-8-11-7-10(9-21-11)20-15-6-5-14(16(18)19)12-3-1-2-4-13(12)15/h1-9H. The number of carbonyl (C=O) groups excluding carboxylic acids is 1. The molecule has 2 aromatic carbocycles. The number of ether oxygens (including phenoxy) is 1. The zero-order valence-electron chi connectivity index (χ0n) is 10.7.